The van der Waals surface area contributed by atoms with Gasteiger partial charge in [-0.15, -0.1) is 0 Å². The number of aromatic nitrogens is 2. The van der Waals surface area contributed by atoms with Crippen molar-refractivity contribution in [1.82, 2.24) is 9.97 Å². The lowest BCUT2D eigenvalue weighted by Crippen LogP contribution is -2.20. The number of anilines is 2. The molecular weight excluding hydrogens is 396 g/mol. The molecule has 0 radical (unpaired) electrons. The molecular formula is C19H25BrN4O2. The second kappa shape index (κ2) is 9.09. The number of carbonyl (C=O) groups excluding carboxylic acids is 1. The minimum absolute atomic E-state index is 0.0537. The molecule has 1 aromatic carbocycles. The molecule has 0 aliphatic heterocycles. The summed E-state index contributed by atoms with van der Waals surface area (Å²) in [5.41, 5.74) is 1.42. The van der Waals surface area contributed by atoms with E-state index in [4.69, 9.17) is 4.74 Å². The number of nitrogens with zero attached hydrogens (tertiary/aromatic N) is 2. The zero-order chi connectivity index (χ0) is 19.2. The summed E-state index contributed by atoms with van der Waals surface area (Å²) in [6, 6.07) is 9.34. The number of halogens is 1. The van der Waals surface area contributed by atoms with E-state index in [1.807, 2.05) is 30.3 Å². The number of benzene rings is 1. The van der Waals surface area contributed by atoms with Crippen molar-refractivity contribution in [3.63, 3.8) is 0 Å². The van der Waals surface area contributed by atoms with E-state index in [2.05, 4.69) is 57.3 Å². The van der Waals surface area contributed by atoms with Gasteiger partial charge in [-0.25, -0.2) is 9.97 Å². The first-order valence-electron chi connectivity index (χ1n) is 8.44. The average molecular weight is 421 g/mol. The van der Waals surface area contributed by atoms with Crippen molar-refractivity contribution >= 4 is 33.3 Å². The third kappa shape index (κ3) is 6.38. The fourth-order valence-electron chi connectivity index (χ4n) is 2.21. The van der Waals surface area contributed by atoms with Crippen LogP contribution >= 0.6 is 15.9 Å². The lowest BCUT2D eigenvalue weighted by atomic mass is 9.95. The van der Waals surface area contributed by atoms with Gasteiger partial charge >= 0.3 is 0 Å². The second-order valence-electron chi connectivity index (χ2n) is 6.98. The van der Waals surface area contributed by atoms with Crippen molar-refractivity contribution in [3.8, 4) is 0 Å². The minimum atomic E-state index is -0.168. The molecule has 0 saturated heterocycles. The third-order valence-corrected chi connectivity index (χ3v) is 4.06. The van der Waals surface area contributed by atoms with Gasteiger partial charge in [-0.2, -0.15) is 0 Å². The van der Waals surface area contributed by atoms with Crippen molar-refractivity contribution in [2.24, 2.45) is 0 Å². The molecule has 1 heterocycles. The first-order valence-corrected chi connectivity index (χ1v) is 9.24. The maximum absolute atomic E-state index is 12.1. The Hall–Kier alpha value is -1.99. The Morgan fingerprint density at radius 1 is 1.19 bits per heavy atom. The van der Waals surface area contributed by atoms with Crippen molar-refractivity contribution in [1.29, 1.82) is 0 Å². The SMILES string of the molecule is COCc1cc(NCCC(=O)Nc2ccc(Br)cc2)nc(C(C)(C)C)n1. The van der Waals surface area contributed by atoms with E-state index in [1.54, 1.807) is 7.11 Å². The summed E-state index contributed by atoms with van der Waals surface area (Å²) < 4.78 is 6.16. The van der Waals surface area contributed by atoms with Crippen LogP contribution in [0.4, 0.5) is 11.5 Å². The second-order valence-corrected chi connectivity index (χ2v) is 7.90. The van der Waals surface area contributed by atoms with Gasteiger partial charge in [0, 0.05) is 41.7 Å². The average Bonchev–Trinajstić information content (AvgIpc) is 2.56. The molecule has 0 fully saturated rings. The zero-order valence-electron chi connectivity index (χ0n) is 15.6. The van der Waals surface area contributed by atoms with Gasteiger partial charge in [0.05, 0.1) is 12.3 Å². The summed E-state index contributed by atoms with van der Waals surface area (Å²) >= 11 is 3.37. The van der Waals surface area contributed by atoms with E-state index in [0.29, 0.717) is 25.4 Å². The van der Waals surface area contributed by atoms with E-state index >= 15 is 0 Å². The number of methoxy groups -OCH3 is 1. The lowest BCUT2D eigenvalue weighted by Gasteiger charge is -2.19. The van der Waals surface area contributed by atoms with Gasteiger partial charge in [0.25, 0.3) is 0 Å². The lowest BCUT2D eigenvalue weighted by molar-refractivity contribution is -0.115. The van der Waals surface area contributed by atoms with Crippen LogP contribution in [0.2, 0.25) is 0 Å². The van der Waals surface area contributed by atoms with Crippen LogP contribution in [0.5, 0.6) is 0 Å². The molecule has 2 rings (SSSR count). The Morgan fingerprint density at radius 3 is 2.50 bits per heavy atom. The monoisotopic (exact) mass is 420 g/mol. The van der Waals surface area contributed by atoms with Gasteiger partial charge in [0.1, 0.15) is 11.6 Å². The fourth-order valence-corrected chi connectivity index (χ4v) is 2.47. The van der Waals surface area contributed by atoms with Gasteiger partial charge in [-0.05, 0) is 24.3 Å². The van der Waals surface area contributed by atoms with Gasteiger partial charge in [-0.3, -0.25) is 4.79 Å². The number of nitrogens with one attached hydrogen (secondary N) is 2. The van der Waals surface area contributed by atoms with E-state index in [1.165, 1.54) is 0 Å². The molecule has 7 heteroatoms. The molecule has 1 aromatic heterocycles. The predicted molar refractivity (Wildman–Crippen MR) is 107 cm³/mol. The minimum Gasteiger partial charge on any atom is -0.378 e. The molecule has 0 saturated carbocycles. The number of ether oxygens (including phenoxy) is 1. The molecule has 6 nitrogen and oxygen atoms in total. The zero-order valence-corrected chi connectivity index (χ0v) is 17.2. The standard InChI is InChI=1S/C19H25BrN4O2/c1-19(2,3)18-23-15(12-26-4)11-16(24-18)21-10-9-17(25)22-14-7-5-13(20)6-8-14/h5-8,11H,9-10,12H2,1-4H3,(H,22,25)(H,21,23,24). The van der Waals surface area contributed by atoms with Crippen LogP contribution in [-0.4, -0.2) is 29.5 Å². The van der Waals surface area contributed by atoms with E-state index in [0.717, 1.165) is 21.7 Å². The molecule has 2 N–H and O–H groups in total. The highest BCUT2D eigenvalue weighted by Gasteiger charge is 2.19. The maximum Gasteiger partial charge on any atom is 0.226 e. The Kier molecular flexibility index (Phi) is 7.11. The van der Waals surface area contributed by atoms with Crippen molar-refractivity contribution in [2.45, 2.75) is 39.2 Å². The Labute approximate surface area is 162 Å². The summed E-state index contributed by atoms with van der Waals surface area (Å²) in [5.74, 6) is 1.39. The van der Waals surface area contributed by atoms with Gasteiger partial charge in [-0.1, -0.05) is 36.7 Å². The smallest absolute Gasteiger partial charge is 0.226 e. The molecule has 140 valence electrons. The number of rotatable bonds is 7. The third-order valence-electron chi connectivity index (χ3n) is 3.53. The van der Waals surface area contributed by atoms with E-state index in [-0.39, 0.29) is 11.3 Å². The van der Waals surface area contributed by atoms with Crippen LogP contribution in [0.25, 0.3) is 0 Å². The van der Waals surface area contributed by atoms with Gasteiger partial charge in [0.2, 0.25) is 5.91 Å². The molecule has 0 atom stereocenters. The Balaban J connectivity index is 1.94. The molecule has 2 aromatic rings. The Morgan fingerprint density at radius 2 is 1.88 bits per heavy atom. The molecule has 0 bridgehead atoms. The van der Waals surface area contributed by atoms with E-state index < -0.39 is 0 Å². The van der Waals surface area contributed by atoms with Gasteiger partial charge in [0.15, 0.2) is 0 Å². The highest BCUT2D eigenvalue weighted by molar-refractivity contribution is 9.10. The predicted octanol–water partition coefficient (Wildman–Crippen LogP) is 4.12. The summed E-state index contributed by atoms with van der Waals surface area (Å²) in [7, 11) is 1.64. The first kappa shape index (κ1) is 20.3. The molecule has 26 heavy (non-hydrogen) atoms. The van der Waals surface area contributed by atoms with Crippen LogP contribution < -0.4 is 10.6 Å². The molecule has 0 aliphatic carbocycles. The number of hydrogen-bond acceptors (Lipinski definition) is 5. The van der Waals surface area contributed by atoms with Crippen LogP contribution in [0.3, 0.4) is 0 Å². The van der Waals surface area contributed by atoms with Crippen LogP contribution in [0.1, 0.15) is 38.7 Å². The van der Waals surface area contributed by atoms with Crippen molar-refractivity contribution in [2.75, 3.05) is 24.3 Å². The van der Waals surface area contributed by atoms with Crippen LogP contribution in [-0.2, 0) is 21.6 Å². The number of carbonyl (C=O) groups is 1. The van der Waals surface area contributed by atoms with E-state index in [9.17, 15) is 4.79 Å². The molecule has 0 unspecified atom stereocenters. The molecule has 1 amide bonds. The number of amides is 1. The normalized spacial score (nSPS) is 11.3. The summed E-state index contributed by atoms with van der Waals surface area (Å²) in [4.78, 5) is 21.2. The fraction of sp³-hybridized carbons (Fsp3) is 0.421. The summed E-state index contributed by atoms with van der Waals surface area (Å²) in [6.07, 6.45) is 0.338. The number of hydrogen-bond donors (Lipinski definition) is 2. The van der Waals surface area contributed by atoms with Crippen LogP contribution in [0, 0.1) is 0 Å². The highest BCUT2D eigenvalue weighted by atomic mass is 79.9. The van der Waals surface area contributed by atoms with Crippen molar-refractivity contribution in [3.05, 3.63) is 46.3 Å². The summed E-state index contributed by atoms with van der Waals surface area (Å²) in [5, 5.41) is 6.08. The highest BCUT2D eigenvalue weighted by Crippen LogP contribution is 2.21. The quantitative estimate of drug-likeness (QED) is 0.704. The first-order chi connectivity index (χ1) is 12.3. The largest absolute Gasteiger partial charge is 0.378 e. The van der Waals surface area contributed by atoms with Crippen LogP contribution in [0.15, 0.2) is 34.8 Å². The molecule has 0 aliphatic rings. The molecule has 0 spiro atoms. The Bertz CT molecular complexity index is 742. The van der Waals surface area contributed by atoms with Crippen molar-refractivity contribution < 1.29 is 9.53 Å². The topological polar surface area (TPSA) is 76.1 Å². The van der Waals surface area contributed by atoms with Gasteiger partial charge < -0.3 is 15.4 Å². The summed E-state index contributed by atoms with van der Waals surface area (Å²) in [6.45, 7) is 7.09. The maximum atomic E-state index is 12.1.